The van der Waals surface area contributed by atoms with Gasteiger partial charge in [-0.1, -0.05) is 13.8 Å². The van der Waals surface area contributed by atoms with Crippen LogP contribution in [0.5, 0.6) is 0 Å². The van der Waals surface area contributed by atoms with Crippen LogP contribution in [0.15, 0.2) is 0 Å². The van der Waals surface area contributed by atoms with Gasteiger partial charge in [0.1, 0.15) is 6.10 Å². The van der Waals surface area contributed by atoms with Crippen molar-refractivity contribution in [2.45, 2.75) is 50.8 Å². The van der Waals surface area contributed by atoms with Crippen molar-refractivity contribution < 1.29 is 24.4 Å². The lowest BCUT2D eigenvalue weighted by atomic mass is 9.73. The van der Waals surface area contributed by atoms with Gasteiger partial charge in [-0.3, -0.25) is 0 Å². The summed E-state index contributed by atoms with van der Waals surface area (Å²) in [5.41, 5.74) is -0.669. The summed E-state index contributed by atoms with van der Waals surface area (Å²) in [6, 6.07) is 1.87. The molecule has 6 nitrogen and oxygen atoms in total. The summed E-state index contributed by atoms with van der Waals surface area (Å²) < 4.78 is 15.9. The van der Waals surface area contributed by atoms with Crippen LogP contribution in [0, 0.1) is 16.7 Å². The number of nitriles is 1. The van der Waals surface area contributed by atoms with Crippen LogP contribution in [-0.4, -0.2) is 61.6 Å². The van der Waals surface area contributed by atoms with E-state index < -0.39 is 29.8 Å². The molecule has 110 valence electrons. The first-order valence-electron chi connectivity index (χ1n) is 6.31. The minimum atomic E-state index is -1.19. The SMILES string of the molecule is COC[C@H](C[C@H]1O[C@H](C#N)[C@H](O)[C@@H](O)C1(C)C)OC. The Labute approximate surface area is 113 Å². The summed E-state index contributed by atoms with van der Waals surface area (Å²) in [6.07, 6.45) is -3.32. The van der Waals surface area contributed by atoms with Crippen molar-refractivity contribution >= 4 is 0 Å². The zero-order chi connectivity index (χ0) is 14.6. The van der Waals surface area contributed by atoms with Crippen LogP contribution in [0.4, 0.5) is 0 Å². The first-order valence-corrected chi connectivity index (χ1v) is 6.31. The van der Waals surface area contributed by atoms with E-state index in [4.69, 9.17) is 19.5 Å². The molecular formula is C13H23NO5. The Balaban J connectivity index is 2.83. The summed E-state index contributed by atoms with van der Waals surface area (Å²) in [5.74, 6) is 0. The van der Waals surface area contributed by atoms with Gasteiger partial charge in [0.2, 0.25) is 0 Å². The molecular weight excluding hydrogens is 250 g/mol. The van der Waals surface area contributed by atoms with Crippen LogP contribution in [0.3, 0.4) is 0 Å². The fourth-order valence-electron chi connectivity index (χ4n) is 2.35. The molecule has 0 radical (unpaired) electrons. The molecule has 5 atom stereocenters. The van der Waals surface area contributed by atoms with Crippen molar-refractivity contribution in [1.29, 1.82) is 5.26 Å². The highest BCUT2D eigenvalue weighted by atomic mass is 16.5. The number of hydrogen-bond donors (Lipinski definition) is 2. The maximum atomic E-state index is 10.1. The van der Waals surface area contributed by atoms with Crippen LogP contribution in [0.1, 0.15) is 20.3 Å². The lowest BCUT2D eigenvalue weighted by Gasteiger charge is -2.47. The first-order chi connectivity index (χ1) is 8.88. The van der Waals surface area contributed by atoms with Gasteiger partial charge in [-0.2, -0.15) is 5.26 Å². The van der Waals surface area contributed by atoms with Gasteiger partial charge in [-0.05, 0) is 0 Å². The van der Waals surface area contributed by atoms with E-state index in [1.807, 2.05) is 6.07 Å². The normalized spacial score (nSPS) is 35.6. The van der Waals surface area contributed by atoms with Gasteiger partial charge in [0.25, 0.3) is 0 Å². The van der Waals surface area contributed by atoms with E-state index in [0.717, 1.165) is 0 Å². The molecule has 0 aromatic rings. The van der Waals surface area contributed by atoms with E-state index in [9.17, 15) is 10.2 Å². The number of nitrogens with zero attached hydrogens (tertiary/aromatic N) is 1. The minimum Gasteiger partial charge on any atom is -0.390 e. The highest BCUT2D eigenvalue weighted by molar-refractivity contribution is 5.04. The number of hydrogen-bond acceptors (Lipinski definition) is 6. The largest absolute Gasteiger partial charge is 0.390 e. The minimum absolute atomic E-state index is 0.184. The molecule has 1 saturated heterocycles. The summed E-state index contributed by atoms with van der Waals surface area (Å²) in [7, 11) is 3.15. The van der Waals surface area contributed by atoms with Crippen LogP contribution in [0.25, 0.3) is 0 Å². The predicted molar refractivity (Wildman–Crippen MR) is 67.4 cm³/mol. The zero-order valence-corrected chi connectivity index (χ0v) is 11.9. The highest BCUT2D eigenvalue weighted by Crippen LogP contribution is 2.38. The first kappa shape index (κ1) is 16.3. The molecule has 1 heterocycles. The Morgan fingerprint density at radius 3 is 2.47 bits per heavy atom. The Hall–Kier alpha value is -0.710. The lowest BCUT2D eigenvalue weighted by Crippen LogP contribution is -2.59. The smallest absolute Gasteiger partial charge is 0.172 e. The number of rotatable bonds is 5. The Morgan fingerprint density at radius 1 is 1.37 bits per heavy atom. The standard InChI is InChI=1S/C13H23NO5/c1-13(2)10(5-8(18-4)7-17-3)19-9(6-14)11(15)12(13)16/h8-12,15-16H,5,7H2,1-4H3/t8-,9+,10+,11-,12+/m0/s1. The monoisotopic (exact) mass is 273 g/mol. The van der Waals surface area contributed by atoms with Gasteiger partial charge in [0.05, 0.1) is 31.0 Å². The molecule has 0 unspecified atom stereocenters. The second-order valence-corrected chi connectivity index (χ2v) is 5.48. The third-order valence-electron chi connectivity index (χ3n) is 3.83. The Bertz CT molecular complexity index is 327. The predicted octanol–water partition coefficient (Wildman–Crippen LogP) is 0.0769. The van der Waals surface area contributed by atoms with Gasteiger partial charge in [0, 0.05) is 26.1 Å². The summed E-state index contributed by atoms with van der Waals surface area (Å²) in [5, 5.41) is 28.9. The van der Waals surface area contributed by atoms with Crippen molar-refractivity contribution in [3.63, 3.8) is 0 Å². The number of aliphatic hydroxyl groups excluding tert-OH is 2. The molecule has 0 aliphatic carbocycles. The highest BCUT2D eigenvalue weighted by Gasteiger charge is 2.50. The molecule has 1 aliphatic rings. The van der Waals surface area contributed by atoms with Crippen LogP contribution < -0.4 is 0 Å². The van der Waals surface area contributed by atoms with E-state index >= 15 is 0 Å². The van der Waals surface area contributed by atoms with Gasteiger partial charge >= 0.3 is 0 Å². The summed E-state index contributed by atoms with van der Waals surface area (Å²) in [6.45, 7) is 4.01. The maximum Gasteiger partial charge on any atom is 0.172 e. The average Bonchev–Trinajstić information content (AvgIpc) is 2.38. The van der Waals surface area contributed by atoms with Crippen LogP contribution in [-0.2, 0) is 14.2 Å². The Morgan fingerprint density at radius 2 is 2.00 bits per heavy atom. The van der Waals surface area contributed by atoms with Gasteiger partial charge in [-0.15, -0.1) is 0 Å². The molecule has 0 bridgehead atoms. The van der Waals surface area contributed by atoms with Gasteiger partial charge in [0.15, 0.2) is 6.10 Å². The average molecular weight is 273 g/mol. The molecule has 0 amide bonds. The van der Waals surface area contributed by atoms with Crippen molar-refractivity contribution in [3.8, 4) is 6.07 Å². The van der Waals surface area contributed by atoms with E-state index in [1.165, 1.54) is 0 Å². The molecule has 1 rings (SSSR count). The van der Waals surface area contributed by atoms with Gasteiger partial charge in [-0.25, -0.2) is 0 Å². The molecule has 19 heavy (non-hydrogen) atoms. The third kappa shape index (κ3) is 3.44. The van der Waals surface area contributed by atoms with E-state index in [1.54, 1.807) is 28.1 Å². The van der Waals surface area contributed by atoms with Gasteiger partial charge < -0.3 is 24.4 Å². The second kappa shape index (κ2) is 6.64. The Kier molecular flexibility index (Phi) is 5.71. The molecule has 0 spiro atoms. The quantitative estimate of drug-likeness (QED) is 0.737. The van der Waals surface area contributed by atoms with Crippen molar-refractivity contribution in [3.05, 3.63) is 0 Å². The topological polar surface area (TPSA) is 91.9 Å². The third-order valence-corrected chi connectivity index (χ3v) is 3.83. The number of aliphatic hydroxyl groups is 2. The molecule has 1 fully saturated rings. The molecule has 0 aromatic carbocycles. The van der Waals surface area contributed by atoms with E-state index in [2.05, 4.69) is 0 Å². The van der Waals surface area contributed by atoms with Crippen LogP contribution in [0.2, 0.25) is 0 Å². The molecule has 6 heteroatoms. The van der Waals surface area contributed by atoms with E-state index in [0.29, 0.717) is 13.0 Å². The summed E-state index contributed by atoms with van der Waals surface area (Å²) in [4.78, 5) is 0. The van der Waals surface area contributed by atoms with E-state index in [-0.39, 0.29) is 6.10 Å². The fourth-order valence-corrected chi connectivity index (χ4v) is 2.35. The fraction of sp³-hybridized carbons (Fsp3) is 0.923. The molecule has 1 aliphatic heterocycles. The van der Waals surface area contributed by atoms with Crippen LogP contribution >= 0.6 is 0 Å². The maximum absolute atomic E-state index is 10.1. The molecule has 2 N–H and O–H groups in total. The summed E-state index contributed by atoms with van der Waals surface area (Å²) >= 11 is 0. The zero-order valence-electron chi connectivity index (χ0n) is 11.9. The number of ether oxygens (including phenoxy) is 3. The molecule has 0 saturated carbocycles. The van der Waals surface area contributed by atoms with Crippen molar-refractivity contribution in [1.82, 2.24) is 0 Å². The number of methoxy groups -OCH3 is 2. The lowest BCUT2D eigenvalue weighted by molar-refractivity contribution is -0.222. The molecule has 0 aromatic heterocycles. The van der Waals surface area contributed by atoms with Crippen molar-refractivity contribution in [2.75, 3.05) is 20.8 Å². The second-order valence-electron chi connectivity index (χ2n) is 5.48. The van der Waals surface area contributed by atoms with Crippen molar-refractivity contribution in [2.24, 2.45) is 5.41 Å².